The summed E-state index contributed by atoms with van der Waals surface area (Å²) in [6.07, 6.45) is 0.917. The molecule has 2 unspecified atom stereocenters. The van der Waals surface area contributed by atoms with Crippen LogP contribution in [0.2, 0.25) is 0 Å². The van der Waals surface area contributed by atoms with Crippen LogP contribution in [0.3, 0.4) is 0 Å². The average Bonchev–Trinajstić information content (AvgIpc) is 2.20. The summed E-state index contributed by atoms with van der Waals surface area (Å²) in [7, 11) is -3.68. The maximum atomic E-state index is 11.5. The van der Waals surface area contributed by atoms with Crippen LogP contribution in [-0.2, 0) is 34.3 Å². The lowest BCUT2D eigenvalue weighted by molar-refractivity contribution is 0.0495. The van der Waals surface area contributed by atoms with E-state index in [1.807, 2.05) is 0 Å². The summed E-state index contributed by atoms with van der Waals surface area (Å²) in [5, 5.41) is 2.42. The summed E-state index contributed by atoms with van der Waals surface area (Å²) in [6, 6.07) is 0. The van der Waals surface area contributed by atoms with E-state index in [1.165, 1.54) is 6.26 Å². The molecule has 1 amide bonds. The number of hydrogen-bond donors (Lipinski definition) is 1. The van der Waals surface area contributed by atoms with Crippen LogP contribution < -0.4 is 5.32 Å². The van der Waals surface area contributed by atoms with Crippen molar-refractivity contribution in [2.24, 2.45) is 0 Å². The van der Waals surface area contributed by atoms with Crippen molar-refractivity contribution in [3.05, 3.63) is 0 Å². The molecule has 2 atom stereocenters. The highest BCUT2D eigenvalue weighted by Crippen LogP contribution is 2.07. The Morgan fingerprint density at radius 3 is 2.33 bits per heavy atom. The Balaban J connectivity index is 4.39. The summed E-state index contributed by atoms with van der Waals surface area (Å²) in [6.45, 7) is 5.10. The second-order valence-corrected chi connectivity index (χ2v) is 7.96. The van der Waals surface area contributed by atoms with Gasteiger partial charge in [-0.2, -0.15) is 8.42 Å². The highest BCUT2D eigenvalue weighted by atomic mass is 32.2. The highest BCUT2D eigenvalue weighted by Gasteiger charge is 2.20. The number of carbonyl (C=O) groups excluding carboxylic acids is 1. The fourth-order valence-corrected chi connectivity index (χ4v) is 2.23. The lowest BCUT2D eigenvalue weighted by Gasteiger charge is -2.21. The lowest BCUT2D eigenvalue weighted by Crippen LogP contribution is -2.38. The smallest absolute Gasteiger partial charge is 0.407 e. The molecule has 126 valence electrons. The SMILES string of the molecule is CS(=O)OCCC(CNC(=O)OC(C)(C)C)OS(C)(=O)=O. The zero-order valence-corrected chi connectivity index (χ0v) is 14.5. The second-order valence-electron chi connectivity index (χ2n) is 5.32. The van der Waals surface area contributed by atoms with E-state index in [4.69, 9.17) is 13.1 Å². The van der Waals surface area contributed by atoms with Crippen LogP contribution in [-0.4, -0.2) is 56.1 Å². The maximum Gasteiger partial charge on any atom is 0.407 e. The number of hydrogen-bond acceptors (Lipinski definition) is 7. The second kappa shape index (κ2) is 8.66. The van der Waals surface area contributed by atoms with Gasteiger partial charge in [-0.15, -0.1) is 0 Å². The molecular formula is C11H23NO7S2. The van der Waals surface area contributed by atoms with Crippen LogP contribution in [0.5, 0.6) is 0 Å². The van der Waals surface area contributed by atoms with Gasteiger partial charge in [0.15, 0.2) is 11.1 Å². The Hall–Kier alpha value is -0.710. The standard InChI is InChI=1S/C11H23NO7S2/c1-11(2,3)18-10(13)12-8-9(19-21(5,15)16)6-7-17-20(4)14/h9H,6-8H2,1-5H3,(H,12,13). The van der Waals surface area contributed by atoms with Gasteiger partial charge in [-0.3, -0.25) is 8.37 Å². The quantitative estimate of drug-likeness (QED) is 0.640. The number of alkyl carbamates (subject to hydrolysis) is 1. The molecule has 0 bridgehead atoms. The van der Waals surface area contributed by atoms with Gasteiger partial charge in [-0.25, -0.2) is 9.00 Å². The van der Waals surface area contributed by atoms with Crippen molar-refractivity contribution in [2.75, 3.05) is 25.7 Å². The van der Waals surface area contributed by atoms with Gasteiger partial charge >= 0.3 is 6.09 Å². The minimum absolute atomic E-state index is 0.0410. The summed E-state index contributed by atoms with van der Waals surface area (Å²) in [5.41, 5.74) is -0.653. The number of rotatable bonds is 8. The Bertz CT molecular complexity index is 456. The molecular weight excluding hydrogens is 322 g/mol. The minimum atomic E-state index is -3.68. The Morgan fingerprint density at radius 2 is 1.90 bits per heavy atom. The highest BCUT2D eigenvalue weighted by molar-refractivity contribution is 7.86. The molecule has 0 heterocycles. The van der Waals surface area contributed by atoms with E-state index in [9.17, 15) is 17.4 Å². The van der Waals surface area contributed by atoms with Crippen molar-refractivity contribution in [1.82, 2.24) is 5.32 Å². The monoisotopic (exact) mass is 345 g/mol. The van der Waals surface area contributed by atoms with Gasteiger partial charge in [0.1, 0.15) is 5.60 Å². The number of amides is 1. The van der Waals surface area contributed by atoms with Crippen LogP contribution in [0, 0.1) is 0 Å². The van der Waals surface area contributed by atoms with Gasteiger partial charge < -0.3 is 10.1 Å². The molecule has 0 radical (unpaired) electrons. The van der Waals surface area contributed by atoms with Crippen LogP contribution in [0.15, 0.2) is 0 Å². The van der Waals surface area contributed by atoms with Gasteiger partial charge in [0.05, 0.1) is 19.0 Å². The Labute approximate surface area is 128 Å². The third-order valence-corrected chi connectivity index (χ3v) is 2.99. The molecule has 0 aromatic heterocycles. The number of nitrogens with one attached hydrogen (secondary N) is 1. The van der Waals surface area contributed by atoms with E-state index in [0.29, 0.717) is 0 Å². The van der Waals surface area contributed by atoms with Crippen LogP contribution in [0.25, 0.3) is 0 Å². The molecule has 0 aromatic carbocycles. The molecule has 0 fully saturated rings. The van der Waals surface area contributed by atoms with E-state index in [0.717, 1.165) is 6.26 Å². The third kappa shape index (κ3) is 14.0. The molecule has 0 aromatic rings. The molecule has 1 N–H and O–H groups in total. The van der Waals surface area contributed by atoms with E-state index < -0.39 is 39.0 Å². The zero-order chi connectivity index (χ0) is 16.7. The van der Waals surface area contributed by atoms with E-state index >= 15 is 0 Å². The Kier molecular flexibility index (Phi) is 8.37. The molecule has 0 spiro atoms. The van der Waals surface area contributed by atoms with Gasteiger partial charge in [-0.1, -0.05) is 0 Å². The summed E-state index contributed by atoms with van der Waals surface area (Å²) >= 11 is -1.45. The molecule has 0 aliphatic heterocycles. The van der Waals surface area contributed by atoms with Crippen LogP contribution >= 0.6 is 0 Å². The Morgan fingerprint density at radius 1 is 1.33 bits per heavy atom. The molecule has 10 heteroatoms. The third-order valence-electron chi connectivity index (χ3n) is 1.87. The first-order valence-corrected chi connectivity index (χ1v) is 9.51. The van der Waals surface area contributed by atoms with Crippen molar-refractivity contribution in [2.45, 2.75) is 38.9 Å². The van der Waals surface area contributed by atoms with Crippen LogP contribution in [0.4, 0.5) is 4.79 Å². The largest absolute Gasteiger partial charge is 0.444 e. The first-order valence-electron chi connectivity index (χ1n) is 6.21. The molecule has 0 saturated heterocycles. The first-order chi connectivity index (χ1) is 9.39. The fraction of sp³-hybridized carbons (Fsp3) is 0.909. The molecule has 0 saturated carbocycles. The predicted molar refractivity (Wildman–Crippen MR) is 78.6 cm³/mol. The fourth-order valence-electron chi connectivity index (χ4n) is 1.24. The maximum absolute atomic E-state index is 11.5. The minimum Gasteiger partial charge on any atom is -0.444 e. The molecule has 8 nitrogen and oxygen atoms in total. The van der Waals surface area contributed by atoms with E-state index in [1.54, 1.807) is 20.8 Å². The summed E-state index contributed by atoms with van der Waals surface area (Å²) in [4.78, 5) is 11.5. The van der Waals surface area contributed by atoms with Gasteiger partial charge in [0.25, 0.3) is 10.1 Å². The van der Waals surface area contributed by atoms with Crippen molar-refractivity contribution in [1.29, 1.82) is 0 Å². The first kappa shape index (κ1) is 20.3. The van der Waals surface area contributed by atoms with Crippen molar-refractivity contribution in [3.63, 3.8) is 0 Å². The summed E-state index contributed by atoms with van der Waals surface area (Å²) < 4.78 is 47.7. The number of ether oxygens (including phenoxy) is 1. The van der Waals surface area contributed by atoms with Crippen molar-refractivity contribution >= 4 is 27.3 Å². The molecule has 0 aliphatic rings. The normalized spacial score (nSPS) is 15.3. The van der Waals surface area contributed by atoms with Gasteiger partial charge in [0, 0.05) is 19.2 Å². The lowest BCUT2D eigenvalue weighted by atomic mass is 10.2. The topological polar surface area (TPSA) is 108 Å². The van der Waals surface area contributed by atoms with Gasteiger partial charge in [0.2, 0.25) is 0 Å². The van der Waals surface area contributed by atoms with Gasteiger partial charge in [-0.05, 0) is 20.8 Å². The van der Waals surface area contributed by atoms with Crippen LogP contribution in [0.1, 0.15) is 27.2 Å². The van der Waals surface area contributed by atoms with E-state index in [-0.39, 0.29) is 19.6 Å². The zero-order valence-electron chi connectivity index (χ0n) is 12.9. The number of carbonyl (C=O) groups is 1. The average molecular weight is 345 g/mol. The predicted octanol–water partition coefficient (Wildman–Crippen LogP) is 0.556. The molecule has 0 aliphatic carbocycles. The van der Waals surface area contributed by atoms with E-state index in [2.05, 4.69) is 5.32 Å². The van der Waals surface area contributed by atoms with Crippen molar-refractivity contribution in [3.8, 4) is 0 Å². The van der Waals surface area contributed by atoms with Crippen molar-refractivity contribution < 1.29 is 30.5 Å². The molecule has 0 rings (SSSR count). The summed E-state index contributed by atoms with van der Waals surface area (Å²) in [5.74, 6) is 0. The molecule has 21 heavy (non-hydrogen) atoms.